The van der Waals surface area contributed by atoms with Crippen LogP contribution in [0.2, 0.25) is 0 Å². The molecule has 0 aromatic carbocycles. The minimum atomic E-state index is -1.03. The third-order valence-electron chi connectivity index (χ3n) is 2.69. The van der Waals surface area contributed by atoms with E-state index in [0.29, 0.717) is 24.6 Å². The maximum atomic E-state index is 11.7. The molecule has 6 heteroatoms. The molecule has 0 saturated carbocycles. The van der Waals surface area contributed by atoms with Crippen LogP contribution < -0.4 is 10.6 Å². The van der Waals surface area contributed by atoms with Gasteiger partial charge in [-0.3, -0.25) is 10.1 Å². The Labute approximate surface area is 112 Å². The van der Waals surface area contributed by atoms with E-state index in [1.54, 1.807) is 7.05 Å². The smallest absolute Gasteiger partial charge is 0.338 e. The van der Waals surface area contributed by atoms with Crippen molar-refractivity contribution in [1.82, 2.24) is 10.6 Å². The number of nitrogens with one attached hydrogen (secondary N) is 2. The van der Waals surface area contributed by atoms with Crippen molar-refractivity contribution in [2.24, 2.45) is 5.92 Å². The third kappa shape index (κ3) is 4.75. The summed E-state index contributed by atoms with van der Waals surface area (Å²) in [6.07, 6.45) is 1.89. The highest BCUT2D eigenvalue weighted by Crippen LogP contribution is 2.10. The number of hydrogen-bond donors (Lipinski definition) is 3. The lowest BCUT2D eigenvalue weighted by Gasteiger charge is -2.18. The molecular formula is C13H20N2O4. The van der Waals surface area contributed by atoms with Crippen molar-refractivity contribution in [2.75, 3.05) is 7.05 Å². The van der Waals surface area contributed by atoms with E-state index >= 15 is 0 Å². The molecule has 1 atom stereocenters. The monoisotopic (exact) mass is 268 g/mol. The summed E-state index contributed by atoms with van der Waals surface area (Å²) in [5.74, 6) is -0.241. The van der Waals surface area contributed by atoms with E-state index in [9.17, 15) is 9.59 Å². The third-order valence-corrected chi connectivity index (χ3v) is 2.69. The van der Waals surface area contributed by atoms with Crippen molar-refractivity contribution < 1.29 is 19.1 Å². The first-order valence-electron chi connectivity index (χ1n) is 6.19. The maximum absolute atomic E-state index is 11.7. The molecule has 0 fully saturated rings. The predicted molar refractivity (Wildman–Crippen MR) is 69.8 cm³/mol. The maximum Gasteiger partial charge on any atom is 0.338 e. The normalized spacial score (nSPS) is 12.4. The lowest BCUT2D eigenvalue weighted by Crippen LogP contribution is -2.43. The van der Waals surface area contributed by atoms with E-state index in [4.69, 9.17) is 9.52 Å². The van der Waals surface area contributed by atoms with Crippen molar-refractivity contribution in [1.29, 1.82) is 0 Å². The van der Waals surface area contributed by atoms with Gasteiger partial charge in [-0.25, -0.2) is 4.79 Å². The first kappa shape index (κ1) is 15.2. The van der Waals surface area contributed by atoms with Gasteiger partial charge >= 0.3 is 5.97 Å². The van der Waals surface area contributed by atoms with Gasteiger partial charge in [-0.05, 0) is 18.4 Å². The summed E-state index contributed by atoms with van der Waals surface area (Å²) < 4.78 is 5.12. The van der Waals surface area contributed by atoms with Crippen molar-refractivity contribution >= 4 is 11.9 Å². The highest BCUT2D eigenvalue weighted by Gasteiger charge is 2.18. The van der Waals surface area contributed by atoms with Crippen LogP contribution in [0.15, 0.2) is 16.7 Å². The van der Waals surface area contributed by atoms with Crippen LogP contribution in [0.5, 0.6) is 0 Å². The number of amides is 1. The average molecular weight is 268 g/mol. The number of furan rings is 1. The van der Waals surface area contributed by atoms with Crippen LogP contribution in [0.4, 0.5) is 0 Å². The molecule has 1 aromatic rings. The van der Waals surface area contributed by atoms with Crippen LogP contribution in [0.25, 0.3) is 0 Å². The molecule has 19 heavy (non-hydrogen) atoms. The van der Waals surface area contributed by atoms with Gasteiger partial charge < -0.3 is 14.8 Å². The summed E-state index contributed by atoms with van der Waals surface area (Å²) in [6, 6.07) is 1.13. The standard InChI is InChI=1S/C13H20N2O4/c1-8(2)4-11(12(16)14-3)15-6-10-5-9(7-19-10)13(17)18/h5,7-8,11,15H,4,6H2,1-3H3,(H,14,16)(H,17,18). The van der Waals surface area contributed by atoms with Gasteiger partial charge in [-0.15, -0.1) is 0 Å². The largest absolute Gasteiger partial charge is 0.478 e. The van der Waals surface area contributed by atoms with Crippen molar-refractivity contribution in [3.8, 4) is 0 Å². The zero-order valence-electron chi connectivity index (χ0n) is 11.4. The molecule has 6 nitrogen and oxygen atoms in total. The fraction of sp³-hybridized carbons (Fsp3) is 0.538. The molecule has 0 aliphatic carbocycles. The van der Waals surface area contributed by atoms with Gasteiger partial charge in [0.2, 0.25) is 5.91 Å². The number of carbonyl (C=O) groups is 2. The number of carboxylic acid groups (broad SMARTS) is 1. The van der Waals surface area contributed by atoms with Gasteiger partial charge in [-0.1, -0.05) is 13.8 Å². The fourth-order valence-corrected chi connectivity index (χ4v) is 1.74. The summed E-state index contributed by atoms with van der Waals surface area (Å²) in [7, 11) is 1.59. The van der Waals surface area contributed by atoms with E-state index in [0.717, 1.165) is 0 Å². The Kier molecular flexibility index (Phi) is 5.57. The van der Waals surface area contributed by atoms with Crippen molar-refractivity contribution in [3.63, 3.8) is 0 Å². The van der Waals surface area contributed by atoms with Gasteiger partial charge in [-0.2, -0.15) is 0 Å². The molecule has 0 bridgehead atoms. The summed E-state index contributed by atoms with van der Waals surface area (Å²) in [4.78, 5) is 22.4. The second-order valence-corrected chi connectivity index (χ2v) is 4.78. The summed E-state index contributed by atoms with van der Waals surface area (Å²) in [6.45, 7) is 4.39. The molecule has 0 saturated heterocycles. The number of rotatable bonds is 7. The number of carboxylic acids is 1. The minimum Gasteiger partial charge on any atom is -0.478 e. The van der Waals surface area contributed by atoms with Crippen LogP contribution in [0, 0.1) is 5.92 Å². The van der Waals surface area contributed by atoms with E-state index in [2.05, 4.69) is 10.6 Å². The van der Waals surface area contributed by atoms with Crippen LogP contribution in [0.1, 0.15) is 36.4 Å². The summed E-state index contributed by atoms with van der Waals surface area (Å²) in [5, 5.41) is 14.5. The highest BCUT2D eigenvalue weighted by atomic mass is 16.4. The number of carbonyl (C=O) groups excluding carboxylic acids is 1. The average Bonchev–Trinajstić information content (AvgIpc) is 2.82. The van der Waals surface area contributed by atoms with Crippen LogP contribution in [0.3, 0.4) is 0 Å². The Morgan fingerprint density at radius 3 is 2.58 bits per heavy atom. The van der Waals surface area contributed by atoms with Gasteiger partial charge in [0, 0.05) is 7.05 Å². The Hall–Kier alpha value is -1.82. The Balaban J connectivity index is 2.59. The number of aromatic carboxylic acids is 1. The van der Waals surface area contributed by atoms with E-state index in [1.807, 2.05) is 13.8 Å². The van der Waals surface area contributed by atoms with Gasteiger partial charge in [0.15, 0.2) is 0 Å². The lowest BCUT2D eigenvalue weighted by molar-refractivity contribution is -0.123. The summed E-state index contributed by atoms with van der Waals surface area (Å²) >= 11 is 0. The molecule has 106 valence electrons. The quantitative estimate of drug-likeness (QED) is 0.691. The second-order valence-electron chi connectivity index (χ2n) is 4.78. The Morgan fingerprint density at radius 2 is 2.11 bits per heavy atom. The molecule has 0 spiro atoms. The summed E-state index contributed by atoms with van der Waals surface area (Å²) in [5.41, 5.74) is 0.108. The molecule has 0 radical (unpaired) electrons. The number of likely N-dealkylation sites (N-methyl/N-ethyl adjacent to an activating group) is 1. The second kappa shape index (κ2) is 6.94. The molecule has 0 aliphatic heterocycles. The van der Waals surface area contributed by atoms with Gasteiger partial charge in [0.1, 0.15) is 12.0 Å². The first-order valence-corrected chi connectivity index (χ1v) is 6.19. The molecular weight excluding hydrogens is 248 g/mol. The molecule has 3 N–H and O–H groups in total. The lowest BCUT2D eigenvalue weighted by atomic mass is 10.0. The topological polar surface area (TPSA) is 91.6 Å². The predicted octanol–water partition coefficient (Wildman–Crippen LogP) is 1.23. The van der Waals surface area contributed by atoms with Crippen LogP contribution >= 0.6 is 0 Å². The Morgan fingerprint density at radius 1 is 1.42 bits per heavy atom. The fourth-order valence-electron chi connectivity index (χ4n) is 1.74. The van der Waals surface area contributed by atoms with Gasteiger partial charge in [0.25, 0.3) is 0 Å². The van der Waals surface area contributed by atoms with Crippen LogP contribution in [-0.4, -0.2) is 30.1 Å². The zero-order valence-corrected chi connectivity index (χ0v) is 11.4. The first-order chi connectivity index (χ1) is 8.93. The molecule has 1 amide bonds. The molecule has 1 aromatic heterocycles. The minimum absolute atomic E-state index is 0.0845. The van der Waals surface area contributed by atoms with E-state index in [-0.39, 0.29) is 17.5 Å². The van der Waals surface area contributed by atoms with Crippen molar-refractivity contribution in [3.05, 3.63) is 23.7 Å². The molecule has 1 heterocycles. The molecule has 0 aliphatic rings. The van der Waals surface area contributed by atoms with E-state index in [1.165, 1.54) is 12.3 Å². The van der Waals surface area contributed by atoms with Crippen LogP contribution in [-0.2, 0) is 11.3 Å². The highest BCUT2D eigenvalue weighted by molar-refractivity contribution is 5.87. The Bertz CT molecular complexity index is 440. The SMILES string of the molecule is CNC(=O)C(CC(C)C)NCc1cc(C(=O)O)co1. The molecule has 1 unspecified atom stereocenters. The zero-order chi connectivity index (χ0) is 14.4. The van der Waals surface area contributed by atoms with Gasteiger partial charge in [0.05, 0.1) is 18.2 Å². The molecule has 1 rings (SSSR count). The van der Waals surface area contributed by atoms with Crippen molar-refractivity contribution in [2.45, 2.75) is 32.9 Å². The number of hydrogen-bond acceptors (Lipinski definition) is 4. The van der Waals surface area contributed by atoms with E-state index < -0.39 is 5.97 Å².